The zero-order valence-corrected chi connectivity index (χ0v) is 12.4. The number of hydrogen-bond acceptors (Lipinski definition) is 5. The van der Waals surface area contributed by atoms with E-state index in [1.807, 2.05) is 0 Å². The molecule has 2 amide bonds. The molecule has 0 aliphatic carbocycles. The van der Waals surface area contributed by atoms with Crippen LogP contribution in [0.15, 0.2) is 6.33 Å². The Morgan fingerprint density at radius 3 is 2.86 bits per heavy atom. The van der Waals surface area contributed by atoms with Crippen molar-refractivity contribution in [2.75, 3.05) is 36.9 Å². The van der Waals surface area contributed by atoms with Crippen LogP contribution in [0.5, 0.6) is 0 Å². The monoisotopic (exact) mass is 290 g/mol. The molecule has 2 aliphatic rings. The van der Waals surface area contributed by atoms with E-state index in [9.17, 15) is 4.79 Å². The van der Waals surface area contributed by atoms with Gasteiger partial charge < -0.3 is 15.5 Å². The molecule has 0 unspecified atom stereocenters. The first-order valence-electron chi connectivity index (χ1n) is 7.50. The summed E-state index contributed by atoms with van der Waals surface area (Å²) in [5.74, 6) is 2.33. The average molecular weight is 290 g/mol. The van der Waals surface area contributed by atoms with Crippen LogP contribution in [-0.2, 0) is 6.54 Å². The van der Waals surface area contributed by atoms with E-state index < -0.39 is 0 Å². The molecule has 7 nitrogen and oxygen atoms in total. The van der Waals surface area contributed by atoms with Crippen molar-refractivity contribution in [2.24, 2.45) is 11.7 Å². The van der Waals surface area contributed by atoms with Crippen LogP contribution in [0.4, 0.5) is 16.4 Å². The van der Waals surface area contributed by atoms with Gasteiger partial charge in [0.25, 0.3) is 0 Å². The number of nitrogens with zero attached hydrogens (tertiary/aromatic N) is 4. The van der Waals surface area contributed by atoms with Crippen LogP contribution < -0.4 is 16.0 Å². The second-order valence-corrected chi connectivity index (χ2v) is 5.82. The molecule has 21 heavy (non-hydrogen) atoms. The molecule has 1 aromatic rings. The summed E-state index contributed by atoms with van der Waals surface area (Å²) >= 11 is 0. The number of carbonyl (C=O) groups excluding carboxylic acids is 1. The summed E-state index contributed by atoms with van der Waals surface area (Å²) in [7, 11) is 1.78. The Kier molecular flexibility index (Phi) is 3.92. The van der Waals surface area contributed by atoms with Crippen LogP contribution >= 0.6 is 0 Å². The fourth-order valence-electron chi connectivity index (χ4n) is 3.10. The summed E-state index contributed by atoms with van der Waals surface area (Å²) < 4.78 is 0. The van der Waals surface area contributed by atoms with Crippen LogP contribution in [-0.4, -0.2) is 47.6 Å². The topological polar surface area (TPSA) is 87.4 Å². The first-order valence-corrected chi connectivity index (χ1v) is 7.50. The number of rotatable bonds is 3. The number of fused-ring (bicyclic) bond motifs is 1. The standard InChI is InChI=1S/C14H22N6O/c1-19-8-11-12(18-14(19)21)16-9-17-13(11)20-6-3-10(2-5-15)4-7-20/h9-10H,2-8,15H2,1H3,(H,16,17,18,21). The summed E-state index contributed by atoms with van der Waals surface area (Å²) in [6.07, 6.45) is 4.94. The second-order valence-electron chi connectivity index (χ2n) is 5.82. The molecule has 114 valence electrons. The van der Waals surface area contributed by atoms with Crippen LogP contribution in [0.1, 0.15) is 24.8 Å². The Bertz CT molecular complexity index is 526. The van der Waals surface area contributed by atoms with Crippen molar-refractivity contribution in [3.05, 3.63) is 11.9 Å². The molecule has 7 heteroatoms. The van der Waals surface area contributed by atoms with Gasteiger partial charge in [0.2, 0.25) is 0 Å². The molecule has 1 fully saturated rings. The minimum atomic E-state index is -0.117. The van der Waals surface area contributed by atoms with Crippen molar-refractivity contribution in [3.63, 3.8) is 0 Å². The molecular weight excluding hydrogens is 268 g/mol. The number of nitrogens with two attached hydrogens (primary N) is 1. The molecule has 1 aromatic heterocycles. The van der Waals surface area contributed by atoms with Gasteiger partial charge in [-0.15, -0.1) is 0 Å². The highest BCUT2D eigenvalue weighted by atomic mass is 16.2. The fourth-order valence-corrected chi connectivity index (χ4v) is 3.10. The number of hydrogen-bond donors (Lipinski definition) is 2. The maximum Gasteiger partial charge on any atom is 0.323 e. The Balaban J connectivity index is 1.78. The third-order valence-electron chi connectivity index (χ3n) is 4.38. The molecule has 3 N–H and O–H groups in total. The van der Waals surface area contributed by atoms with Crippen molar-refractivity contribution < 1.29 is 4.79 Å². The van der Waals surface area contributed by atoms with E-state index in [0.29, 0.717) is 12.4 Å². The largest absolute Gasteiger partial charge is 0.356 e. The van der Waals surface area contributed by atoms with Gasteiger partial charge in [-0.05, 0) is 31.7 Å². The number of piperidine rings is 1. The van der Waals surface area contributed by atoms with Crippen LogP contribution in [0.25, 0.3) is 0 Å². The van der Waals surface area contributed by atoms with E-state index in [-0.39, 0.29) is 6.03 Å². The molecule has 0 atom stereocenters. The Labute approximate surface area is 124 Å². The third kappa shape index (κ3) is 2.78. The van der Waals surface area contributed by atoms with E-state index in [2.05, 4.69) is 20.2 Å². The molecule has 0 saturated carbocycles. The van der Waals surface area contributed by atoms with Gasteiger partial charge in [-0.3, -0.25) is 5.32 Å². The smallest absolute Gasteiger partial charge is 0.323 e. The second kappa shape index (κ2) is 5.85. The molecule has 3 heterocycles. The number of anilines is 2. The lowest BCUT2D eigenvalue weighted by Gasteiger charge is -2.35. The Hall–Kier alpha value is -1.89. The predicted molar refractivity (Wildman–Crippen MR) is 81.1 cm³/mol. The molecule has 0 radical (unpaired) electrons. The highest BCUT2D eigenvalue weighted by Gasteiger charge is 2.27. The number of carbonyl (C=O) groups is 1. The van der Waals surface area contributed by atoms with Gasteiger partial charge in [-0.1, -0.05) is 0 Å². The van der Waals surface area contributed by atoms with Gasteiger partial charge >= 0.3 is 6.03 Å². The summed E-state index contributed by atoms with van der Waals surface area (Å²) in [6, 6.07) is -0.117. The third-order valence-corrected chi connectivity index (χ3v) is 4.38. The highest BCUT2D eigenvalue weighted by Crippen LogP contribution is 2.31. The van der Waals surface area contributed by atoms with E-state index in [1.54, 1.807) is 11.9 Å². The number of aromatic nitrogens is 2. The van der Waals surface area contributed by atoms with E-state index >= 15 is 0 Å². The SMILES string of the molecule is CN1Cc2c(ncnc2N2CCC(CCN)CC2)NC1=O. The van der Waals surface area contributed by atoms with Crippen LogP contribution in [0.2, 0.25) is 0 Å². The predicted octanol–water partition coefficient (Wildman–Crippen LogP) is 1.02. The minimum absolute atomic E-state index is 0.117. The zero-order valence-electron chi connectivity index (χ0n) is 12.4. The average Bonchev–Trinajstić information content (AvgIpc) is 2.49. The lowest BCUT2D eigenvalue weighted by Crippen LogP contribution is -2.40. The molecule has 2 aliphatic heterocycles. The summed E-state index contributed by atoms with van der Waals surface area (Å²) in [5.41, 5.74) is 6.66. The molecule has 0 bridgehead atoms. The molecule has 3 rings (SSSR count). The quantitative estimate of drug-likeness (QED) is 0.868. The first-order chi connectivity index (χ1) is 10.2. The summed E-state index contributed by atoms with van der Waals surface area (Å²) in [6.45, 7) is 3.31. The number of amides is 2. The van der Waals surface area contributed by atoms with Crippen molar-refractivity contribution in [3.8, 4) is 0 Å². The van der Waals surface area contributed by atoms with Crippen molar-refractivity contribution in [1.82, 2.24) is 14.9 Å². The Morgan fingerprint density at radius 2 is 2.14 bits per heavy atom. The molecular formula is C14H22N6O. The van der Waals surface area contributed by atoms with Gasteiger partial charge in [0.15, 0.2) is 0 Å². The van der Waals surface area contributed by atoms with Crippen molar-refractivity contribution >= 4 is 17.7 Å². The fraction of sp³-hybridized carbons (Fsp3) is 0.643. The lowest BCUT2D eigenvalue weighted by atomic mass is 9.93. The molecule has 1 saturated heterocycles. The van der Waals surface area contributed by atoms with Crippen molar-refractivity contribution in [2.45, 2.75) is 25.8 Å². The van der Waals surface area contributed by atoms with Gasteiger partial charge in [0, 0.05) is 20.1 Å². The number of urea groups is 1. The van der Waals surface area contributed by atoms with Crippen LogP contribution in [0, 0.1) is 5.92 Å². The summed E-state index contributed by atoms with van der Waals surface area (Å²) in [5, 5.41) is 2.81. The highest BCUT2D eigenvalue weighted by molar-refractivity contribution is 5.91. The summed E-state index contributed by atoms with van der Waals surface area (Å²) in [4.78, 5) is 24.3. The van der Waals surface area contributed by atoms with E-state index in [4.69, 9.17) is 5.73 Å². The maximum absolute atomic E-state index is 11.7. The maximum atomic E-state index is 11.7. The van der Waals surface area contributed by atoms with Gasteiger partial charge in [0.1, 0.15) is 18.0 Å². The zero-order chi connectivity index (χ0) is 14.8. The first kappa shape index (κ1) is 14.1. The molecule has 0 aromatic carbocycles. The minimum Gasteiger partial charge on any atom is -0.356 e. The van der Waals surface area contributed by atoms with Gasteiger partial charge in [0.05, 0.1) is 12.1 Å². The lowest BCUT2D eigenvalue weighted by molar-refractivity contribution is 0.218. The van der Waals surface area contributed by atoms with E-state index in [0.717, 1.165) is 56.2 Å². The Morgan fingerprint density at radius 1 is 1.38 bits per heavy atom. The van der Waals surface area contributed by atoms with Gasteiger partial charge in [-0.25, -0.2) is 14.8 Å². The molecule has 0 spiro atoms. The van der Waals surface area contributed by atoms with Crippen molar-refractivity contribution in [1.29, 1.82) is 0 Å². The van der Waals surface area contributed by atoms with Gasteiger partial charge in [-0.2, -0.15) is 0 Å². The van der Waals surface area contributed by atoms with E-state index in [1.165, 1.54) is 6.33 Å². The number of nitrogens with one attached hydrogen (secondary N) is 1. The van der Waals surface area contributed by atoms with Crippen LogP contribution in [0.3, 0.4) is 0 Å². The normalized spacial score (nSPS) is 19.4.